The second kappa shape index (κ2) is 11.3. The fraction of sp³-hybridized carbons (Fsp3) is 0.500. The molecule has 0 fully saturated rings. The summed E-state index contributed by atoms with van der Waals surface area (Å²) in [4.78, 5) is 12.6. The van der Waals surface area contributed by atoms with Gasteiger partial charge in [0.1, 0.15) is 5.75 Å². The van der Waals surface area contributed by atoms with E-state index in [4.69, 9.17) is 17.0 Å². The van der Waals surface area contributed by atoms with Crippen LogP contribution in [0.1, 0.15) is 62.2 Å². The Labute approximate surface area is 169 Å². The third kappa shape index (κ3) is 7.08. The van der Waals surface area contributed by atoms with E-state index in [1.54, 1.807) is 12.1 Å². The fourth-order valence-electron chi connectivity index (χ4n) is 2.81. The summed E-state index contributed by atoms with van der Waals surface area (Å²) in [6.07, 6.45) is 10.2. The van der Waals surface area contributed by atoms with Crippen LogP contribution in [0, 0.1) is 0 Å². The Morgan fingerprint density at radius 1 is 1.35 bits per heavy atom. The zero-order valence-corrected chi connectivity index (χ0v) is 17.7. The Morgan fingerprint density at radius 2 is 2.19 bits per heavy atom. The van der Waals surface area contributed by atoms with E-state index < -0.39 is 0 Å². The quantitative estimate of drug-likeness (QED) is 0.335. The molecule has 4 nitrogen and oxygen atoms in total. The summed E-state index contributed by atoms with van der Waals surface area (Å²) in [7, 11) is 0. The maximum atomic E-state index is 12.6. The topological polar surface area (TPSA) is 50.4 Å². The van der Waals surface area contributed by atoms with E-state index in [2.05, 4.69) is 39.6 Å². The average molecular weight is 439 g/mol. The molecule has 1 aliphatic rings. The number of hydrogen-bond acceptors (Lipinski definition) is 3. The van der Waals surface area contributed by atoms with Gasteiger partial charge in [-0.15, -0.1) is 0 Å². The number of unbranched alkanes of at least 4 members (excludes halogenated alkanes) is 1. The van der Waals surface area contributed by atoms with Gasteiger partial charge in [-0.25, -0.2) is 0 Å². The van der Waals surface area contributed by atoms with Gasteiger partial charge < -0.3 is 10.1 Å². The van der Waals surface area contributed by atoms with E-state index in [1.807, 2.05) is 6.07 Å². The Kier molecular flexibility index (Phi) is 9.12. The van der Waals surface area contributed by atoms with Gasteiger partial charge in [0.15, 0.2) is 5.11 Å². The minimum absolute atomic E-state index is 0.257. The third-order valence-electron chi connectivity index (χ3n) is 4.29. The van der Waals surface area contributed by atoms with Gasteiger partial charge in [-0.2, -0.15) is 0 Å². The Morgan fingerprint density at radius 3 is 2.92 bits per heavy atom. The smallest absolute Gasteiger partial charge is 0.261 e. The molecule has 26 heavy (non-hydrogen) atoms. The predicted octanol–water partition coefficient (Wildman–Crippen LogP) is 5.12. The van der Waals surface area contributed by atoms with Crippen molar-refractivity contribution in [3.63, 3.8) is 0 Å². The molecular formula is C20H27BrN2O2S. The van der Waals surface area contributed by atoms with Crippen molar-refractivity contribution < 1.29 is 9.53 Å². The average Bonchev–Trinajstić information content (AvgIpc) is 2.64. The molecule has 1 aromatic carbocycles. The van der Waals surface area contributed by atoms with Crippen LogP contribution in [0.5, 0.6) is 5.75 Å². The van der Waals surface area contributed by atoms with Gasteiger partial charge in [-0.1, -0.05) is 40.9 Å². The van der Waals surface area contributed by atoms with Crippen molar-refractivity contribution in [1.29, 1.82) is 0 Å². The maximum Gasteiger partial charge on any atom is 0.261 e. The first-order valence-corrected chi connectivity index (χ1v) is 10.5. The summed E-state index contributed by atoms with van der Waals surface area (Å²) in [5.74, 6) is 0.321. The van der Waals surface area contributed by atoms with Crippen molar-refractivity contribution in [2.45, 2.75) is 51.9 Å². The first-order chi connectivity index (χ1) is 12.6. The standard InChI is InChI=1S/C20H27BrN2O2S/c1-2-3-13-25-18-10-9-16(21)14-17(18)19(24)23-20(26)22-12-11-15-7-5-4-6-8-15/h7,9-10,14H,2-6,8,11-13H2,1H3,(H2,22,23,24,26). The Balaban J connectivity index is 1.86. The van der Waals surface area contributed by atoms with E-state index >= 15 is 0 Å². The summed E-state index contributed by atoms with van der Waals surface area (Å²) in [5.41, 5.74) is 1.96. The molecule has 2 N–H and O–H groups in total. The van der Waals surface area contributed by atoms with Gasteiger partial charge in [0.2, 0.25) is 0 Å². The van der Waals surface area contributed by atoms with Crippen molar-refractivity contribution in [2.75, 3.05) is 13.2 Å². The molecule has 2 rings (SSSR count). The van der Waals surface area contributed by atoms with E-state index in [-0.39, 0.29) is 5.91 Å². The first-order valence-electron chi connectivity index (χ1n) is 9.29. The molecule has 0 radical (unpaired) electrons. The van der Waals surface area contributed by atoms with Crippen molar-refractivity contribution in [3.05, 3.63) is 39.9 Å². The number of allylic oxidation sites excluding steroid dienone is 1. The monoisotopic (exact) mass is 438 g/mol. The summed E-state index contributed by atoms with van der Waals surface area (Å²) in [5, 5.41) is 6.23. The van der Waals surface area contributed by atoms with E-state index in [0.717, 1.165) is 30.3 Å². The molecule has 0 spiro atoms. The number of nitrogens with one attached hydrogen (secondary N) is 2. The highest BCUT2D eigenvalue weighted by Crippen LogP contribution is 2.23. The normalized spacial score (nSPS) is 13.7. The number of rotatable bonds is 8. The number of ether oxygens (including phenoxy) is 1. The molecule has 0 heterocycles. The number of thiocarbonyl (C=S) groups is 1. The molecule has 1 aromatic rings. The Hall–Kier alpha value is -1.40. The summed E-state index contributed by atoms with van der Waals surface area (Å²) >= 11 is 8.67. The minimum atomic E-state index is -0.257. The van der Waals surface area contributed by atoms with Crippen LogP contribution in [-0.2, 0) is 0 Å². The molecule has 0 bridgehead atoms. The first kappa shape index (κ1) is 20.9. The molecule has 0 atom stereocenters. The van der Waals surface area contributed by atoms with Gasteiger partial charge >= 0.3 is 0 Å². The lowest BCUT2D eigenvalue weighted by Crippen LogP contribution is -2.39. The van der Waals surface area contributed by atoms with E-state index in [9.17, 15) is 4.79 Å². The molecule has 0 aromatic heterocycles. The molecule has 0 unspecified atom stereocenters. The van der Waals surface area contributed by atoms with Crippen LogP contribution in [0.2, 0.25) is 0 Å². The number of amides is 1. The fourth-order valence-corrected chi connectivity index (χ4v) is 3.37. The van der Waals surface area contributed by atoms with Gasteiger partial charge in [-0.05, 0) is 68.9 Å². The number of hydrogen-bond donors (Lipinski definition) is 2. The van der Waals surface area contributed by atoms with E-state index in [1.165, 1.54) is 31.3 Å². The largest absolute Gasteiger partial charge is 0.493 e. The van der Waals surface area contributed by atoms with Crippen LogP contribution < -0.4 is 15.4 Å². The summed E-state index contributed by atoms with van der Waals surface area (Å²) in [6, 6.07) is 5.43. The maximum absolute atomic E-state index is 12.6. The lowest BCUT2D eigenvalue weighted by Gasteiger charge is -2.15. The molecule has 1 aliphatic carbocycles. The number of benzene rings is 1. The highest BCUT2D eigenvalue weighted by molar-refractivity contribution is 9.10. The lowest BCUT2D eigenvalue weighted by atomic mass is 9.97. The van der Waals surface area contributed by atoms with Crippen LogP contribution in [0.15, 0.2) is 34.3 Å². The van der Waals surface area contributed by atoms with Crippen LogP contribution in [0.4, 0.5) is 0 Å². The SMILES string of the molecule is CCCCOc1ccc(Br)cc1C(=O)NC(=S)NCCC1=CCCCC1. The zero-order chi connectivity index (χ0) is 18.8. The number of carbonyl (C=O) groups is 1. The highest BCUT2D eigenvalue weighted by atomic mass is 79.9. The molecule has 1 amide bonds. The van der Waals surface area contributed by atoms with Crippen molar-refractivity contribution in [3.8, 4) is 5.75 Å². The summed E-state index contributed by atoms with van der Waals surface area (Å²) in [6.45, 7) is 3.44. The minimum Gasteiger partial charge on any atom is -0.493 e. The van der Waals surface area contributed by atoms with Gasteiger partial charge in [0.05, 0.1) is 12.2 Å². The molecule has 0 saturated carbocycles. The van der Waals surface area contributed by atoms with Crippen molar-refractivity contribution >= 4 is 39.2 Å². The predicted molar refractivity (Wildman–Crippen MR) is 114 cm³/mol. The second-order valence-electron chi connectivity index (χ2n) is 6.41. The second-order valence-corrected chi connectivity index (χ2v) is 7.73. The van der Waals surface area contributed by atoms with Crippen LogP contribution in [0.25, 0.3) is 0 Å². The molecule has 6 heteroatoms. The van der Waals surface area contributed by atoms with Gasteiger partial charge in [-0.3, -0.25) is 10.1 Å². The zero-order valence-electron chi connectivity index (χ0n) is 15.3. The molecule has 0 saturated heterocycles. The number of halogens is 1. The highest BCUT2D eigenvalue weighted by Gasteiger charge is 2.15. The number of carbonyl (C=O) groups excluding carboxylic acids is 1. The molecular weight excluding hydrogens is 412 g/mol. The van der Waals surface area contributed by atoms with Crippen LogP contribution >= 0.6 is 28.1 Å². The summed E-state index contributed by atoms with van der Waals surface area (Å²) < 4.78 is 6.57. The van der Waals surface area contributed by atoms with Gasteiger partial charge in [0, 0.05) is 11.0 Å². The molecule has 0 aliphatic heterocycles. The Bertz CT molecular complexity index is 661. The van der Waals surface area contributed by atoms with Crippen LogP contribution in [-0.4, -0.2) is 24.2 Å². The van der Waals surface area contributed by atoms with Crippen molar-refractivity contribution in [2.24, 2.45) is 0 Å². The van der Waals surface area contributed by atoms with E-state index in [0.29, 0.717) is 23.0 Å². The lowest BCUT2D eigenvalue weighted by molar-refractivity contribution is 0.0972. The van der Waals surface area contributed by atoms with Crippen LogP contribution in [0.3, 0.4) is 0 Å². The third-order valence-corrected chi connectivity index (χ3v) is 5.03. The molecule has 142 valence electrons. The van der Waals surface area contributed by atoms with Crippen molar-refractivity contribution in [1.82, 2.24) is 10.6 Å². The van der Waals surface area contributed by atoms with Gasteiger partial charge in [0.25, 0.3) is 5.91 Å².